The minimum atomic E-state index is 0.620. The van der Waals surface area contributed by atoms with Crippen LogP contribution >= 0.6 is 11.6 Å². The van der Waals surface area contributed by atoms with Crippen LogP contribution in [0, 0.1) is 0 Å². The predicted octanol–water partition coefficient (Wildman–Crippen LogP) is 6.28. The zero-order valence-corrected chi connectivity index (χ0v) is 18.5. The molecule has 0 saturated heterocycles. The number of aromatic nitrogens is 3. The number of benzene rings is 3. The van der Waals surface area contributed by atoms with E-state index in [0.717, 1.165) is 46.1 Å². The molecule has 0 aliphatic heterocycles. The molecule has 6 nitrogen and oxygen atoms in total. The fourth-order valence-corrected chi connectivity index (χ4v) is 3.70. The summed E-state index contributed by atoms with van der Waals surface area (Å²) < 4.78 is 7.25. The second-order valence-electron chi connectivity index (χ2n) is 7.41. The van der Waals surface area contributed by atoms with E-state index in [4.69, 9.17) is 21.3 Å². The number of rotatable bonds is 6. The number of carbonyl (C=O) groups excluding carboxylic acids is 1. The molecule has 7 heteroatoms. The lowest BCUT2D eigenvalue weighted by Gasteiger charge is -2.11. The van der Waals surface area contributed by atoms with Crippen molar-refractivity contribution in [2.24, 2.45) is 0 Å². The summed E-state index contributed by atoms with van der Waals surface area (Å²) in [6.07, 6.45) is 4.50. The van der Waals surface area contributed by atoms with Crippen molar-refractivity contribution in [1.82, 2.24) is 14.4 Å². The van der Waals surface area contributed by atoms with E-state index in [0.29, 0.717) is 16.2 Å². The summed E-state index contributed by atoms with van der Waals surface area (Å²) in [5, 5.41) is 4.16. The first-order valence-electron chi connectivity index (χ1n) is 10.3. The van der Waals surface area contributed by atoms with Gasteiger partial charge in [0.05, 0.1) is 19.0 Å². The molecule has 0 aliphatic rings. The van der Waals surface area contributed by atoms with Gasteiger partial charge >= 0.3 is 0 Å². The lowest BCUT2D eigenvalue weighted by Crippen LogP contribution is -1.98. The molecule has 5 rings (SSSR count). The van der Waals surface area contributed by atoms with Crippen molar-refractivity contribution in [3.8, 4) is 28.3 Å². The second-order valence-corrected chi connectivity index (χ2v) is 7.85. The third-order valence-electron chi connectivity index (χ3n) is 5.32. The van der Waals surface area contributed by atoms with Crippen LogP contribution < -0.4 is 10.1 Å². The zero-order valence-electron chi connectivity index (χ0n) is 17.7. The molecule has 33 heavy (non-hydrogen) atoms. The molecule has 0 bridgehead atoms. The van der Waals surface area contributed by atoms with E-state index < -0.39 is 0 Å². The monoisotopic (exact) mass is 454 g/mol. The average Bonchev–Trinajstić information content (AvgIpc) is 3.22. The van der Waals surface area contributed by atoms with Gasteiger partial charge in [-0.2, -0.15) is 0 Å². The van der Waals surface area contributed by atoms with Gasteiger partial charge in [-0.3, -0.25) is 14.2 Å². The minimum absolute atomic E-state index is 0.620. The van der Waals surface area contributed by atoms with E-state index >= 15 is 0 Å². The number of methoxy groups -OCH3 is 1. The smallest absolute Gasteiger partial charge is 0.157 e. The van der Waals surface area contributed by atoms with Crippen molar-refractivity contribution >= 4 is 35.0 Å². The van der Waals surface area contributed by atoms with E-state index in [2.05, 4.69) is 10.3 Å². The first-order chi connectivity index (χ1) is 16.1. The molecule has 1 N–H and O–H groups in total. The van der Waals surface area contributed by atoms with Gasteiger partial charge in [-0.1, -0.05) is 48.0 Å². The van der Waals surface area contributed by atoms with Gasteiger partial charge in [0, 0.05) is 33.6 Å². The quantitative estimate of drug-likeness (QED) is 0.306. The number of hydrogen-bond donors (Lipinski definition) is 1. The van der Waals surface area contributed by atoms with Gasteiger partial charge in [0.15, 0.2) is 5.65 Å². The Morgan fingerprint density at radius 3 is 2.30 bits per heavy atom. The van der Waals surface area contributed by atoms with Crippen LogP contribution in [0.3, 0.4) is 0 Å². The molecular formula is C26H19ClN4O2. The highest BCUT2D eigenvalue weighted by Crippen LogP contribution is 2.33. The second kappa shape index (κ2) is 8.76. The zero-order chi connectivity index (χ0) is 22.8. The van der Waals surface area contributed by atoms with Gasteiger partial charge in [-0.05, 0) is 36.4 Å². The maximum Gasteiger partial charge on any atom is 0.157 e. The van der Waals surface area contributed by atoms with Crippen LogP contribution in [0.2, 0.25) is 5.02 Å². The molecule has 162 valence electrons. The number of nitrogens with one attached hydrogen (secondary N) is 1. The predicted molar refractivity (Wildman–Crippen MR) is 131 cm³/mol. The van der Waals surface area contributed by atoms with Crippen molar-refractivity contribution in [1.29, 1.82) is 0 Å². The molecule has 2 aromatic heterocycles. The molecule has 0 unspecified atom stereocenters. The minimum Gasteiger partial charge on any atom is -0.497 e. The van der Waals surface area contributed by atoms with Crippen LogP contribution in [-0.4, -0.2) is 27.8 Å². The van der Waals surface area contributed by atoms with Gasteiger partial charge < -0.3 is 10.1 Å². The third kappa shape index (κ3) is 4.16. The summed E-state index contributed by atoms with van der Waals surface area (Å²) in [5.41, 5.74) is 5.58. The van der Waals surface area contributed by atoms with E-state index in [1.165, 1.54) is 0 Å². The van der Waals surface area contributed by atoms with Crippen molar-refractivity contribution in [3.63, 3.8) is 0 Å². The molecule has 0 aliphatic carbocycles. The van der Waals surface area contributed by atoms with Gasteiger partial charge in [0.2, 0.25) is 0 Å². The molecule has 0 spiro atoms. The van der Waals surface area contributed by atoms with Gasteiger partial charge in [0.25, 0.3) is 0 Å². The number of fused-ring (bicyclic) bond motifs is 1. The summed E-state index contributed by atoms with van der Waals surface area (Å²) in [7, 11) is 1.64. The highest BCUT2D eigenvalue weighted by atomic mass is 35.5. The highest BCUT2D eigenvalue weighted by Gasteiger charge is 2.16. The number of ether oxygens (including phenoxy) is 1. The fourth-order valence-electron chi connectivity index (χ4n) is 3.58. The number of nitrogens with zero attached hydrogens (tertiary/aromatic N) is 3. The number of hydrogen-bond acceptors (Lipinski definition) is 5. The Bertz CT molecular complexity index is 1430. The van der Waals surface area contributed by atoms with Crippen LogP contribution in [0.15, 0.2) is 85.2 Å². The number of anilines is 2. The number of halogens is 1. The number of imidazole rings is 1. The summed E-state index contributed by atoms with van der Waals surface area (Å²) in [4.78, 5) is 20.4. The molecule has 2 heterocycles. The molecule has 0 atom stereocenters. The van der Waals surface area contributed by atoms with Crippen LogP contribution in [-0.2, 0) is 0 Å². The number of carbonyl (C=O) groups is 1. The maximum atomic E-state index is 11.0. The van der Waals surface area contributed by atoms with Crippen LogP contribution in [0.5, 0.6) is 5.75 Å². The highest BCUT2D eigenvalue weighted by molar-refractivity contribution is 6.30. The Morgan fingerprint density at radius 1 is 0.939 bits per heavy atom. The molecule has 5 aromatic rings. The Morgan fingerprint density at radius 2 is 1.64 bits per heavy atom. The lowest BCUT2D eigenvalue weighted by molar-refractivity contribution is 0.112. The van der Waals surface area contributed by atoms with Crippen LogP contribution in [0.4, 0.5) is 11.5 Å². The van der Waals surface area contributed by atoms with Crippen LogP contribution in [0.1, 0.15) is 10.4 Å². The van der Waals surface area contributed by atoms with Crippen LogP contribution in [0.25, 0.3) is 28.2 Å². The average molecular weight is 455 g/mol. The van der Waals surface area contributed by atoms with E-state index in [1.54, 1.807) is 25.4 Å². The molecular weight excluding hydrogens is 436 g/mol. The van der Waals surface area contributed by atoms with Crippen molar-refractivity contribution in [3.05, 3.63) is 95.8 Å². The van der Waals surface area contributed by atoms with Gasteiger partial charge in [-0.25, -0.2) is 4.98 Å². The largest absolute Gasteiger partial charge is 0.497 e. The Labute approximate surface area is 195 Å². The first-order valence-corrected chi connectivity index (χ1v) is 10.6. The molecule has 0 saturated carbocycles. The molecule has 3 aromatic carbocycles. The molecule has 0 radical (unpaired) electrons. The maximum absolute atomic E-state index is 11.0. The summed E-state index contributed by atoms with van der Waals surface area (Å²) in [5.74, 6) is 1.58. The van der Waals surface area contributed by atoms with E-state index in [9.17, 15) is 4.79 Å². The van der Waals surface area contributed by atoms with Gasteiger partial charge in [0.1, 0.15) is 23.5 Å². The topological polar surface area (TPSA) is 68.5 Å². The summed E-state index contributed by atoms with van der Waals surface area (Å²) in [6.45, 7) is 0. The van der Waals surface area contributed by atoms with E-state index in [1.807, 2.05) is 71.3 Å². The van der Waals surface area contributed by atoms with Crippen molar-refractivity contribution in [2.75, 3.05) is 12.4 Å². The summed E-state index contributed by atoms with van der Waals surface area (Å²) in [6, 6.07) is 22.6. The third-order valence-corrected chi connectivity index (χ3v) is 5.57. The lowest BCUT2D eigenvalue weighted by atomic mass is 10.1. The standard InChI is InChI=1S/C26H19ClN4O2/c1-33-22-12-10-21(11-13-22)29-26-25(19-6-8-20(27)9-7-19)30-24-14-28-23(15-31(24)26)18-4-2-17(16-32)3-5-18/h2-16,29H,1H3. The Kier molecular flexibility index (Phi) is 5.50. The fraction of sp³-hybridized carbons (Fsp3) is 0.0385. The van der Waals surface area contributed by atoms with Gasteiger partial charge in [-0.15, -0.1) is 0 Å². The van der Waals surface area contributed by atoms with E-state index in [-0.39, 0.29) is 0 Å². The Balaban J connectivity index is 1.64. The number of aldehydes is 1. The molecule has 0 fully saturated rings. The van der Waals surface area contributed by atoms with Crippen molar-refractivity contribution < 1.29 is 9.53 Å². The van der Waals surface area contributed by atoms with Crippen molar-refractivity contribution in [2.45, 2.75) is 0 Å². The summed E-state index contributed by atoms with van der Waals surface area (Å²) >= 11 is 6.10. The normalized spacial score (nSPS) is 10.8. The SMILES string of the molecule is COc1ccc(Nc2c(-c3ccc(Cl)cc3)nc3cnc(-c4ccc(C=O)cc4)cn23)cc1. The Hall–Kier alpha value is -4.16. The first kappa shape index (κ1) is 20.7. The molecule has 0 amide bonds.